The normalized spacial score (nSPS) is 12.2. The van der Waals surface area contributed by atoms with Crippen LogP contribution in [0, 0.1) is 0 Å². The third-order valence-corrected chi connectivity index (χ3v) is 2.75. The lowest BCUT2D eigenvalue weighted by atomic mass is 10.2. The Hall–Kier alpha value is -0.910. The molecule has 0 fully saturated rings. The third-order valence-electron chi connectivity index (χ3n) is 1.98. The summed E-state index contributed by atoms with van der Waals surface area (Å²) >= 11 is 3.37. The van der Waals surface area contributed by atoms with Crippen molar-refractivity contribution in [3.63, 3.8) is 0 Å². The number of halogens is 1. The van der Waals surface area contributed by atoms with Crippen LogP contribution < -0.4 is 5.73 Å². The minimum absolute atomic E-state index is 0.162. The molecule has 4 nitrogen and oxygen atoms in total. The SMILES string of the molecule is COCC(N)C(=O)OCc1ccccc1Br. The molecule has 1 unspecified atom stereocenters. The molecular formula is C11H14BrNO3. The van der Waals surface area contributed by atoms with Gasteiger partial charge >= 0.3 is 5.97 Å². The van der Waals surface area contributed by atoms with Gasteiger partial charge in [0.15, 0.2) is 0 Å². The first-order valence-electron chi connectivity index (χ1n) is 4.79. The summed E-state index contributed by atoms with van der Waals surface area (Å²) < 4.78 is 10.7. The molecule has 0 saturated carbocycles. The van der Waals surface area contributed by atoms with Crippen molar-refractivity contribution in [1.82, 2.24) is 0 Å². The van der Waals surface area contributed by atoms with Crippen LogP contribution in [-0.2, 0) is 20.9 Å². The Bertz CT molecular complexity index is 357. The van der Waals surface area contributed by atoms with Crippen LogP contribution >= 0.6 is 15.9 Å². The van der Waals surface area contributed by atoms with Gasteiger partial charge in [-0.1, -0.05) is 34.1 Å². The Kier molecular flexibility index (Phi) is 5.45. The van der Waals surface area contributed by atoms with Gasteiger partial charge in [-0.3, -0.25) is 4.79 Å². The van der Waals surface area contributed by atoms with Gasteiger partial charge in [0.2, 0.25) is 0 Å². The molecule has 0 aromatic heterocycles. The van der Waals surface area contributed by atoms with E-state index in [0.29, 0.717) is 0 Å². The second-order valence-electron chi connectivity index (χ2n) is 3.26. The molecule has 2 N–H and O–H groups in total. The number of benzene rings is 1. The number of carbonyl (C=O) groups excluding carboxylic acids is 1. The van der Waals surface area contributed by atoms with E-state index in [1.54, 1.807) is 0 Å². The summed E-state index contributed by atoms with van der Waals surface area (Å²) in [5.41, 5.74) is 6.42. The van der Waals surface area contributed by atoms with E-state index >= 15 is 0 Å². The number of hydrogen-bond donors (Lipinski definition) is 1. The van der Waals surface area contributed by atoms with Gasteiger partial charge in [0, 0.05) is 17.1 Å². The summed E-state index contributed by atoms with van der Waals surface area (Å²) in [5, 5.41) is 0. The minimum atomic E-state index is -0.729. The molecule has 1 aromatic carbocycles. The van der Waals surface area contributed by atoms with Crippen molar-refractivity contribution in [3.05, 3.63) is 34.3 Å². The van der Waals surface area contributed by atoms with Gasteiger partial charge in [-0.05, 0) is 6.07 Å². The Morgan fingerprint density at radius 3 is 2.81 bits per heavy atom. The Morgan fingerprint density at radius 2 is 2.19 bits per heavy atom. The number of carbonyl (C=O) groups is 1. The zero-order valence-electron chi connectivity index (χ0n) is 8.98. The average Bonchev–Trinajstić information content (AvgIpc) is 2.28. The van der Waals surface area contributed by atoms with Crippen molar-refractivity contribution in [2.24, 2.45) is 5.73 Å². The molecule has 0 spiro atoms. The van der Waals surface area contributed by atoms with Crippen LogP contribution in [0.4, 0.5) is 0 Å². The van der Waals surface area contributed by atoms with Crippen LogP contribution in [0.5, 0.6) is 0 Å². The topological polar surface area (TPSA) is 61.5 Å². The van der Waals surface area contributed by atoms with Gasteiger partial charge in [0.1, 0.15) is 12.6 Å². The molecule has 0 amide bonds. The largest absolute Gasteiger partial charge is 0.460 e. The lowest BCUT2D eigenvalue weighted by Gasteiger charge is -2.11. The van der Waals surface area contributed by atoms with Gasteiger partial charge in [-0.25, -0.2) is 0 Å². The highest BCUT2D eigenvalue weighted by atomic mass is 79.9. The molecule has 0 bridgehead atoms. The summed E-state index contributed by atoms with van der Waals surface area (Å²) in [4.78, 5) is 11.4. The standard InChI is InChI=1S/C11H14BrNO3/c1-15-7-10(13)11(14)16-6-8-4-2-3-5-9(8)12/h2-5,10H,6-7,13H2,1H3. The molecule has 1 aromatic rings. The molecule has 0 saturated heterocycles. The second kappa shape index (κ2) is 6.62. The van der Waals surface area contributed by atoms with E-state index in [-0.39, 0.29) is 13.2 Å². The fourth-order valence-electron chi connectivity index (χ4n) is 1.12. The number of hydrogen-bond acceptors (Lipinski definition) is 4. The smallest absolute Gasteiger partial charge is 0.325 e. The van der Waals surface area contributed by atoms with Crippen LogP contribution in [0.25, 0.3) is 0 Å². The van der Waals surface area contributed by atoms with Crippen molar-refractivity contribution in [1.29, 1.82) is 0 Å². The number of ether oxygens (including phenoxy) is 2. The van der Waals surface area contributed by atoms with Crippen LogP contribution in [0.1, 0.15) is 5.56 Å². The zero-order valence-corrected chi connectivity index (χ0v) is 10.6. The Balaban J connectivity index is 2.46. The monoisotopic (exact) mass is 287 g/mol. The first-order valence-corrected chi connectivity index (χ1v) is 5.59. The third kappa shape index (κ3) is 3.92. The van der Waals surface area contributed by atoms with E-state index < -0.39 is 12.0 Å². The Morgan fingerprint density at radius 1 is 1.50 bits per heavy atom. The second-order valence-corrected chi connectivity index (χ2v) is 4.12. The van der Waals surface area contributed by atoms with Gasteiger partial charge < -0.3 is 15.2 Å². The van der Waals surface area contributed by atoms with Gasteiger partial charge in [0.05, 0.1) is 6.61 Å². The summed E-state index contributed by atoms with van der Waals surface area (Å²) in [6, 6.07) is 6.81. The number of nitrogens with two attached hydrogens (primary N) is 1. The molecule has 5 heteroatoms. The highest BCUT2D eigenvalue weighted by Crippen LogP contribution is 2.16. The lowest BCUT2D eigenvalue weighted by molar-refractivity contribution is -0.147. The molecule has 88 valence electrons. The molecule has 0 aliphatic rings. The van der Waals surface area contributed by atoms with Gasteiger partial charge in [-0.15, -0.1) is 0 Å². The molecular weight excluding hydrogens is 274 g/mol. The predicted octanol–water partition coefficient (Wildman–Crippen LogP) is 1.47. The van der Waals surface area contributed by atoms with Gasteiger partial charge in [0.25, 0.3) is 0 Å². The van der Waals surface area contributed by atoms with E-state index in [0.717, 1.165) is 10.0 Å². The highest BCUT2D eigenvalue weighted by molar-refractivity contribution is 9.10. The fourth-order valence-corrected chi connectivity index (χ4v) is 1.52. The first kappa shape index (κ1) is 13.2. The predicted molar refractivity (Wildman–Crippen MR) is 63.8 cm³/mol. The average molecular weight is 288 g/mol. The minimum Gasteiger partial charge on any atom is -0.460 e. The van der Waals surface area contributed by atoms with E-state index in [9.17, 15) is 4.79 Å². The molecule has 16 heavy (non-hydrogen) atoms. The Labute approximate surface area is 103 Å². The van der Waals surface area contributed by atoms with Gasteiger partial charge in [-0.2, -0.15) is 0 Å². The summed E-state index contributed by atoms with van der Waals surface area (Å²) in [6.07, 6.45) is 0. The maximum absolute atomic E-state index is 11.4. The van der Waals surface area contributed by atoms with Crippen LogP contribution in [0.2, 0.25) is 0 Å². The molecule has 1 atom stereocenters. The zero-order chi connectivity index (χ0) is 12.0. The number of rotatable bonds is 5. The lowest BCUT2D eigenvalue weighted by Crippen LogP contribution is -2.36. The van der Waals surface area contributed by atoms with Crippen molar-refractivity contribution in [2.75, 3.05) is 13.7 Å². The molecule has 0 aliphatic carbocycles. The van der Waals surface area contributed by atoms with Crippen LogP contribution in [-0.4, -0.2) is 25.7 Å². The molecule has 1 rings (SSSR count). The van der Waals surface area contributed by atoms with E-state index in [1.807, 2.05) is 24.3 Å². The maximum atomic E-state index is 11.4. The fraction of sp³-hybridized carbons (Fsp3) is 0.364. The molecule has 0 radical (unpaired) electrons. The summed E-state index contributed by atoms with van der Waals surface area (Å²) in [6.45, 7) is 0.368. The summed E-state index contributed by atoms with van der Waals surface area (Å²) in [5.74, 6) is -0.461. The van der Waals surface area contributed by atoms with Crippen LogP contribution in [0.3, 0.4) is 0 Å². The quantitative estimate of drug-likeness (QED) is 0.833. The van der Waals surface area contributed by atoms with Crippen LogP contribution in [0.15, 0.2) is 28.7 Å². The van der Waals surface area contributed by atoms with E-state index in [4.69, 9.17) is 15.2 Å². The summed E-state index contributed by atoms with van der Waals surface area (Å²) in [7, 11) is 1.49. The molecule has 0 aliphatic heterocycles. The first-order chi connectivity index (χ1) is 7.65. The number of methoxy groups -OCH3 is 1. The van der Waals surface area contributed by atoms with Crippen molar-refractivity contribution >= 4 is 21.9 Å². The van der Waals surface area contributed by atoms with Crippen molar-refractivity contribution in [3.8, 4) is 0 Å². The van der Waals surface area contributed by atoms with E-state index in [1.165, 1.54) is 7.11 Å². The maximum Gasteiger partial charge on any atom is 0.325 e. The van der Waals surface area contributed by atoms with Crippen molar-refractivity contribution in [2.45, 2.75) is 12.6 Å². The number of esters is 1. The van der Waals surface area contributed by atoms with E-state index in [2.05, 4.69) is 15.9 Å². The highest BCUT2D eigenvalue weighted by Gasteiger charge is 2.14. The van der Waals surface area contributed by atoms with Crippen molar-refractivity contribution < 1.29 is 14.3 Å². The molecule has 0 heterocycles.